The molecule has 33 heavy (non-hydrogen) atoms. The largest absolute Gasteiger partial charge is 0.455 e. The van der Waals surface area contributed by atoms with Gasteiger partial charge in [0.25, 0.3) is 5.91 Å². The van der Waals surface area contributed by atoms with Gasteiger partial charge in [0.15, 0.2) is 0 Å². The Hall–Kier alpha value is -2.18. The third-order valence-corrected chi connectivity index (χ3v) is 8.50. The molecule has 1 N–H and O–H groups in total. The number of nitrogens with zero attached hydrogens (tertiary/aromatic N) is 1. The van der Waals surface area contributed by atoms with Crippen molar-refractivity contribution in [3.63, 3.8) is 0 Å². The summed E-state index contributed by atoms with van der Waals surface area (Å²) < 4.78 is 7.07. The van der Waals surface area contributed by atoms with Gasteiger partial charge < -0.3 is 9.73 Å². The third-order valence-electron chi connectivity index (χ3n) is 6.65. The highest BCUT2D eigenvalue weighted by Crippen LogP contribution is 2.40. The van der Waals surface area contributed by atoms with E-state index in [0.29, 0.717) is 11.8 Å². The number of carbonyl (C=O) groups is 1. The first kappa shape index (κ1) is 22.6. The fraction of sp³-hybridized carbons (Fsp3) is 0.407. The van der Waals surface area contributed by atoms with Crippen molar-refractivity contribution in [2.24, 2.45) is 4.99 Å². The lowest BCUT2D eigenvalue weighted by Crippen LogP contribution is -2.36. The maximum atomic E-state index is 13.3. The summed E-state index contributed by atoms with van der Waals surface area (Å²) in [6.07, 6.45) is 12.0. The number of hydrogen-bond donors (Lipinski definition) is 1. The number of rotatable bonds is 5. The fourth-order valence-electron chi connectivity index (χ4n) is 4.89. The number of hydrogen-bond acceptors (Lipinski definition) is 4. The van der Waals surface area contributed by atoms with Crippen molar-refractivity contribution < 1.29 is 9.21 Å². The molecule has 1 fully saturated rings. The Bertz CT molecular complexity index is 1190. The molecule has 1 amide bonds. The molecule has 0 saturated heterocycles. The van der Waals surface area contributed by atoms with Crippen molar-refractivity contribution in [1.29, 1.82) is 0 Å². The molecule has 0 aliphatic heterocycles. The zero-order chi connectivity index (χ0) is 22.8. The van der Waals surface area contributed by atoms with Gasteiger partial charge in [-0.25, -0.2) is 4.99 Å². The van der Waals surface area contributed by atoms with Crippen LogP contribution in [0.3, 0.4) is 0 Å². The molecule has 172 valence electrons. The highest BCUT2D eigenvalue weighted by molar-refractivity contribution is 9.10. The summed E-state index contributed by atoms with van der Waals surface area (Å²) in [7, 11) is 0. The van der Waals surface area contributed by atoms with E-state index in [4.69, 9.17) is 9.41 Å². The molecule has 1 saturated carbocycles. The molecule has 0 spiro atoms. The second kappa shape index (κ2) is 9.98. The quantitative estimate of drug-likeness (QED) is 0.346. The Morgan fingerprint density at radius 3 is 2.76 bits per heavy atom. The van der Waals surface area contributed by atoms with E-state index < -0.39 is 0 Å². The highest BCUT2D eigenvalue weighted by atomic mass is 79.9. The number of furan rings is 1. The topological polar surface area (TPSA) is 54.6 Å². The van der Waals surface area contributed by atoms with Crippen molar-refractivity contribution >= 4 is 44.4 Å². The normalized spacial score (nSPS) is 16.8. The smallest absolute Gasteiger partial charge is 0.254 e. The lowest BCUT2D eigenvalue weighted by molar-refractivity contribution is 0.0927. The average Bonchev–Trinajstić information content (AvgIpc) is 3.43. The number of thiophene rings is 1. The molecule has 0 atom stereocenters. The second-order valence-electron chi connectivity index (χ2n) is 9.14. The van der Waals surface area contributed by atoms with Gasteiger partial charge in [-0.05, 0) is 80.8 Å². The van der Waals surface area contributed by atoms with E-state index in [1.165, 1.54) is 41.7 Å². The van der Waals surface area contributed by atoms with Crippen LogP contribution in [0.15, 0.2) is 44.2 Å². The Morgan fingerprint density at radius 2 is 1.94 bits per heavy atom. The van der Waals surface area contributed by atoms with Gasteiger partial charge in [-0.3, -0.25) is 4.79 Å². The number of halogens is 1. The van der Waals surface area contributed by atoms with E-state index in [-0.39, 0.29) is 5.91 Å². The first-order valence-electron chi connectivity index (χ1n) is 11.9. The number of amides is 1. The van der Waals surface area contributed by atoms with Gasteiger partial charge in [0, 0.05) is 21.0 Å². The fourth-order valence-corrected chi connectivity index (χ4v) is 6.81. The van der Waals surface area contributed by atoms with Crippen LogP contribution >= 0.6 is 27.3 Å². The summed E-state index contributed by atoms with van der Waals surface area (Å²) in [6, 6.07) is 10.4. The van der Waals surface area contributed by atoms with E-state index in [9.17, 15) is 4.79 Å². The Balaban J connectivity index is 1.40. The lowest BCUT2D eigenvalue weighted by Gasteiger charge is -2.23. The summed E-state index contributed by atoms with van der Waals surface area (Å²) in [5.74, 6) is 1.53. The maximum absolute atomic E-state index is 13.3. The number of aryl methyl sites for hydroxylation is 2. The minimum Gasteiger partial charge on any atom is -0.455 e. The Kier molecular flexibility index (Phi) is 6.84. The number of carbonyl (C=O) groups excluding carboxylic acids is 1. The van der Waals surface area contributed by atoms with E-state index in [1.54, 1.807) is 17.6 Å². The highest BCUT2D eigenvalue weighted by Gasteiger charge is 2.27. The molecule has 2 aliphatic carbocycles. The van der Waals surface area contributed by atoms with E-state index in [2.05, 4.69) is 46.4 Å². The summed E-state index contributed by atoms with van der Waals surface area (Å²) in [4.78, 5) is 19.4. The Morgan fingerprint density at radius 1 is 1.12 bits per heavy atom. The molecule has 6 heteroatoms. The van der Waals surface area contributed by atoms with E-state index >= 15 is 0 Å². The molecule has 1 aromatic carbocycles. The van der Waals surface area contributed by atoms with Crippen molar-refractivity contribution in [2.75, 3.05) is 0 Å². The van der Waals surface area contributed by atoms with Gasteiger partial charge in [-0.1, -0.05) is 41.3 Å². The van der Waals surface area contributed by atoms with Crippen LogP contribution in [0.1, 0.15) is 77.1 Å². The van der Waals surface area contributed by atoms with Crippen LogP contribution in [-0.4, -0.2) is 18.2 Å². The molecule has 0 radical (unpaired) electrons. The lowest BCUT2D eigenvalue weighted by atomic mass is 9.93. The van der Waals surface area contributed by atoms with E-state index in [1.807, 2.05) is 12.1 Å². The van der Waals surface area contributed by atoms with Crippen LogP contribution in [-0.2, 0) is 12.8 Å². The van der Waals surface area contributed by atoms with Crippen molar-refractivity contribution in [1.82, 2.24) is 5.32 Å². The predicted octanol–water partition coefficient (Wildman–Crippen LogP) is 7.77. The number of aliphatic imine (C=N–C) groups is 1. The van der Waals surface area contributed by atoms with Gasteiger partial charge in [0.05, 0.1) is 11.8 Å². The van der Waals surface area contributed by atoms with Crippen LogP contribution in [0.4, 0.5) is 5.00 Å². The molecule has 0 bridgehead atoms. The zero-order valence-corrected chi connectivity index (χ0v) is 21.4. The minimum absolute atomic E-state index is 0.0529. The second-order valence-corrected chi connectivity index (χ2v) is 11.1. The van der Waals surface area contributed by atoms with Gasteiger partial charge in [-0.15, -0.1) is 11.3 Å². The number of benzene rings is 1. The first-order chi connectivity index (χ1) is 16.1. The van der Waals surface area contributed by atoms with Gasteiger partial charge in [-0.2, -0.15) is 0 Å². The molecule has 2 aromatic heterocycles. The van der Waals surface area contributed by atoms with Gasteiger partial charge in [0.2, 0.25) is 0 Å². The van der Waals surface area contributed by atoms with E-state index in [0.717, 1.165) is 58.5 Å². The summed E-state index contributed by atoms with van der Waals surface area (Å²) >= 11 is 5.30. The Labute approximate surface area is 207 Å². The summed E-state index contributed by atoms with van der Waals surface area (Å²) in [5.41, 5.74) is 4.22. The SMILES string of the molecule is Cc1ccc(-c2ccc(C=Nc3sc4c(c3C(=O)NC3CCCCC3)CCCC4)o2)c(Br)c1. The van der Waals surface area contributed by atoms with Gasteiger partial charge in [0.1, 0.15) is 16.5 Å². The molecule has 0 unspecified atom stereocenters. The monoisotopic (exact) mass is 524 g/mol. The van der Waals surface area contributed by atoms with Crippen LogP contribution < -0.4 is 5.32 Å². The van der Waals surface area contributed by atoms with Crippen molar-refractivity contribution in [2.45, 2.75) is 70.8 Å². The molecule has 2 aliphatic rings. The molecular formula is C27H29BrN2O2S. The molecule has 3 aromatic rings. The summed E-state index contributed by atoms with van der Waals surface area (Å²) in [5, 5.41) is 4.12. The van der Waals surface area contributed by atoms with Crippen molar-refractivity contribution in [3.8, 4) is 11.3 Å². The number of nitrogens with one attached hydrogen (secondary N) is 1. The summed E-state index contributed by atoms with van der Waals surface area (Å²) in [6.45, 7) is 2.07. The standard InChI is InChI=1S/C27H29BrN2O2S/c1-17-11-13-20(22(28)15-17)23-14-12-19(32-23)16-29-27-25(21-9-5-6-10-24(21)33-27)26(31)30-18-7-3-2-4-8-18/h11-16,18H,2-10H2,1H3,(H,30,31). The third kappa shape index (κ3) is 5.02. The average molecular weight is 526 g/mol. The molecule has 5 rings (SSSR count). The number of fused-ring (bicyclic) bond motifs is 1. The molecule has 2 heterocycles. The first-order valence-corrected chi connectivity index (χ1v) is 13.6. The van der Waals surface area contributed by atoms with Crippen LogP contribution in [0.5, 0.6) is 0 Å². The van der Waals surface area contributed by atoms with Crippen LogP contribution in [0.25, 0.3) is 11.3 Å². The molecule has 4 nitrogen and oxygen atoms in total. The van der Waals surface area contributed by atoms with Crippen molar-refractivity contribution in [3.05, 3.63) is 62.1 Å². The van der Waals surface area contributed by atoms with Crippen LogP contribution in [0.2, 0.25) is 0 Å². The molecular weight excluding hydrogens is 496 g/mol. The predicted molar refractivity (Wildman–Crippen MR) is 139 cm³/mol. The maximum Gasteiger partial charge on any atom is 0.254 e. The zero-order valence-electron chi connectivity index (χ0n) is 19.0. The minimum atomic E-state index is 0.0529. The van der Waals surface area contributed by atoms with Gasteiger partial charge >= 0.3 is 0 Å². The van der Waals surface area contributed by atoms with Crippen LogP contribution in [0, 0.1) is 6.92 Å².